The second-order valence-electron chi connectivity index (χ2n) is 5.95. The number of amides is 1. The Kier molecular flexibility index (Phi) is 3.46. The molecule has 0 radical (unpaired) electrons. The highest BCUT2D eigenvalue weighted by Crippen LogP contribution is 2.39. The van der Waals surface area contributed by atoms with E-state index in [4.69, 9.17) is 4.74 Å². The molecule has 4 nitrogen and oxygen atoms in total. The van der Waals surface area contributed by atoms with Crippen LogP contribution in [0.5, 0.6) is 0 Å². The zero-order valence-electron chi connectivity index (χ0n) is 11.2. The number of rotatable bonds is 3. The standard InChI is InChI=1S/C13H24N2O2/c1-12(2)10-14-7-8-15(12)11(16)9-13(17-3)5-4-6-13/h14H,4-10H2,1-3H3. The van der Waals surface area contributed by atoms with Gasteiger partial charge in [0.2, 0.25) is 5.91 Å². The van der Waals surface area contributed by atoms with Crippen molar-refractivity contribution in [2.45, 2.75) is 50.7 Å². The molecule has 1 aliphatic heterocycles. The summed E-state index contributed by atoms with van der Waals surface area (Å²) >= 11 is 0. The van der Waals surface area contributed by atoms with Gasteiger partial charge in [-0.15, -0.1) is 0 Å². The summed E-state index contributed by atoms with van der Waals surface area (Å²) in [7, 11) is 1.73. The lowest BCUT2D eigenvalue weighted by Gasteiger charge is -2.46. The minimum absolute atomic E-state index is 0.0754. The van der Waals surface area contributed by atoms with E-state index in [9.17, 15) is 4.79 Å². The molecular formula is C13H24N2O2. The summed E-state index contributed by atoms with van der Waals surface area (Å²) in [6.07, 6.45) is 3.79. The van der Waals surface area contributed by atoms with Crippen LogP contribution in [0.2, 0.25) is 0 Å². The third kappa shape index (κ3) is 2.47. The SMILES string of the molecule is COC1(CC(=O)N2CCNCC2(C)C)CCC1. The van der Waals surface area contributed by atoms with E-state index in [-0.39, 0.29) is 17.0 Å². The van der Waals surface area contributed by atoms with Gasteiger partial charge in [-0.1, -0.05) is 0 Å². The number of carbonyl (C=O) groups excluding carboxylic acids is 1. The normalized spacial score (nSPS) is 26.4. The van der Waals surface area contributed by atoms with E-state index < -0.39 is 0 Å². The summed E-state index contributed by atoms with van der Waals surface area (Å²) < 4.78 is 5.54. The van der Waals surface area contributed by atoms with E-state index in [1.807, 2.05) is 4.90 Å². The number of carbonyl (C=O) groups is 1. The van der Waals surface area contributed by atoms with Gasteiger partial charge in [0.1, 0.15) is 0 Å². The Balaban J connectivity index is 1.99. The van der Waals surface area contributed by atoms with Crippen LogP contribution >= 0.6 is 0 Å². The molecule has 4 heteroatoms. The molecule has 0 bridgehead atoms. The van der Waals surface area contributed by atoms with Gasteiger partial charge in [0, 0.05) is 32.3 Å². The largest absolute Gasteiger partial charge is 0.378 e. The van der Waals surface area contributed by atoms with Crippen LogP contribution in [0, 0.1) is 0 Å². The zero-order valence-corrected chi connectivity index (χ0v) is 11.2. The van der Waals surface area contributed by atoms with Crippen molar-refractivity contribution in [3.05, 3.63) is 0 Å². The maximum atomic E-state index is 12.4. The Hall–Kier alpha value is -0.610. The first kappa shape index (κ1) is 12.8. The summed E-state index contributed by atoms with van der Waals surface area (Å²) in [6, 6.07) is 0. The highest BCUT2D eigenvalue weighted by atomic mass is 16.5. The van der Waals surface area contributed by atoms with Gasteiger partial charge in [0.15, 0.2) is 0 Å². The number of piperazine rings is 1. The number of ether oxygens (including phenoxy) is 1. The van der Waals surface area contributed by atoms with E-state index in [1.54, 1.807) is 7.11 Å². The van der Waals surface area contributed by atoms with Crippen molar-refractivity contribution >= 4 is 5.91 Å². The Labute approximate surface area is 104 Å². The second kappa shape index (κ2) is 4.58. The minimum Gasteiger partial charge on any atom is -0.378 e. The smallest absolute Gasteiger partial charge is 0.226 e. The van der Waals surface area contributed by atoms with Gasteiger partial charge >= 0.3 is 0 Å². The van der Waals surface area contributed by atoms with Gasteiger partial charge in [0.05, 0.1) is 12.0 Å². The van der Waals surface area contributed by atoms with Crippen LogP contribution in [0.1, 0.15) is 39.5 Å². The number of hydrogen-bond donors (Lipinski definition) is 1. The molecule has 0 spiro atoms. The van der Waals surface area contributed by atoms with Crippen molar-refractivity contribution in [1.82, 2.24) is 10.2 Å². The highest BCUT2D eigenvalue weighted by molar-refractivity contribution is 5.78. The van der Waals surface area contributed by atoms with Crippen LogP contribution in [-0.4, -0.2) is 48.7 Å². The Morgan fingerprint density at radius 2 is 2.12 bits per heavy atom. The lowest BCUT2D eigenvalue weighted by molar-refractivity contribution is -0.150. The second-order valence-corrected chi connectivity index (χ2v) is 5.95. The molecule has 17 heavy (non-hydrogen) atoms. The van der Waals surface area contributed by atoms with E-state index in [2.05, 4.69) is 19.2 Å². The Bertz CT molecular complexity index is 292. The molecular weight excluding hydrogens is 216 g/mol. The third-order valence-electron chi connectivity index (χ3n) is 4.27. The van der Waals surface area contributed by atoms with Crippen LogP contribution in [0.25, 0.3) is 0 Å². The van der Waals surface area contributed by atoms with Crippen molar-refractivity contribution in [2.75, 3.05) is 26.7 Å². The molecule has 2 fully saturated rings. The molecule has 1 N–H and O–H groups in total. The molecule has 2 rings (SSSR count). The first-order chi connectivity index (χ1) is 7.99. The quantitative estimate of drug-likeness (QED) is 0.805. The van der Waals surface area contributed by atoms with Crippen LogP contribution in [0.4, 0.5) is 0 Å². The lowest BCUT2D eigenvalue weighted by Crippen LogP contribution is -2.61. The topological polar surface area (TPSA) is 41.6 Å². The predicted molar refractivity (Wildman–Crippen MR) is 66.9 cm³/mol. The molecule has 0 atom stereocenters. The van der Waals surface area contributed by atoms with Gasteiger partial charge in [-0.2, -0.15) is 0 Å². The van der Waals surface area contributed by atoms with Gasteiger partial charge < -0.3 is 15.0 Å². The van der Waals surface area contributed by atoms with Gasteiger partial charge in [-0.3, -0.25) is 4.79 Å². The van der Waals surface area contributed by atoms with Crippen molar-refractivity contribution in [2.24, 2.45) is 0 Å². The van der Waals surface area contributed by atoms with Crippen molar-refractivity contribution in [3.63, 3.8) is 0 Å². The number of methoxy groups -OCH3 is 1. The molecule has 2 aliphatic rings. The van der Waals surface area contributed by atoms with E-state index >= 15 is 0 Å². The molecule has 1 heterocycles. The molecule has 1 amide bonds. The van der Waals surface area contributed by atoms with Crippen LogP contribution in [0.15, 0.2) is 0 Å². The molecule has 0 unspecified atom stereocenters. The third-order valence-corrected chi connectivity index (χ3v) is 4.27. The first-order valence-electron chi connectivity index (χ1n) is 6.55. The van der Waals surface area contributed by atoms with Crippen molar-refractivity contribution in [1.29, 1.82) is 0 Å². The minimum atomic E-state index is -0.155. The highest BCUT2D eigenvalue weighted by Gasteiger charge is 2.42. The van der Waals surface area contributed by atoms with E-state index in [1.165, 1.54) is 6.42 Å². The molecule has 98 valence electrons. The summed E-state index contributed by atoms with van der Waals surface area (Å²) in [5.74, 6) is 0.248. The van der Waals surface area contributed by atoms with Gasteiger partial charge in [0.25, 0.3) is 0 Å². The van der Waals surface area contributed by atoms with E-state index in [0.29, 0.717) is 6.42 Å². The monoisotopic (exact) mass is 240 g/mol. The first-order valence-corrected chi connectivity index (χ1v) is 6.55. The summed E-state index contributed by atoms with van der Waals surface area (Å²) in [4.78, 5) is 14.4. The molecule has 1 saturated heterocycles. The molecule has 0 aromatic rings. The maximum Gasteiger partial charge on any atom is 0.226 e. The van der Waals surface area contributed by atoms with Gasteiger partial charge in [-0.25, -0.2) is 0 Å². The lowest BCUT2D eigenvalue weighted by atomic mass is 9.77. The Morgan fingerprint density at radius 3 is 2.59 bits per heavy atom. The zero-order chi connectivity index (χ0) is 12.5. The van der Waals surface area contributed by atoms with Gasteiger partial charge in [-0.05, 0) is 33.1 Å². The average Bonchev–Trinajstić information content (AvgIpc) is 2.22. The number of nitrogens with one attached hydrogen (secondary N) is 1. The molecule has 0 aromatic heterocycles. The number of hydrogen-bond acceptors (Lipinski definition) is 3. The predicted octanol–water partition coefficient (Wildman–Crippen LogP) is 1.16. The summed E-state index contributed by atoms with van der Waals surface area (Å²) in [6.45, 7) is 6.83. The maximum absolute atomic E-state index is 12.4. The van der Waals surface area contributed by atoms with Crippen LogP contribution in [0.3, 0.4) is 0 Å². The van der Waals surface area contributed by atoms with Crippen molar-refractivity contribution in [3.8, 4) is 0 Å². The van der Waals surface area contributed by atoms with Crippen LogP contribution < -0.4 is 5.32 Å². The fourth-order valence-electron chi connectivity index (χ4n) is 2.84. The van der Waals surface area contributed by atoms with Crippen molar-refractivity contribution < 1.29 is 9.53 Å². The van der Waals surface area contributed by atoms with E-state index in [0.717, 1.165) is 32.5 Å². The Morgan fingerprint density at radius 1 is 1.41 bits per heavy atom. The average molecular weight is 240 g/mol. The van der Waals surface area contributed by atoms with Crippen LogP contribution in [-0.2, 0) is 9.53 Å². The summed E-state index contributed by atoms with van der Waals surface area (Å²) in [5, 5.41) is 3.34. The fraction of sp³-hybridized carbons (Fsp3) is 0.923. The molecule has 1 saturated carbocycles. The fourth-order valence-corrected chi connectivity index (χ4v) is 2.84. The number of nitrogens with zero attached hydrogens (tertiary/aromatic N) is 1. The molecule has 0 aromatic carbocycles. The molecule has 1 aliphatic carbocycles. The summed E-state index contributed by atoms with van der Waals surface area (Å²) in [5.41, 5.74) is -0.230.